The molecule has 3 aliphatic rings. The van der Waals surface area contributed by atoms with E-state index in [9.17, 15) is 14.4 Å². The van der Waals surface area contributed by atoms with Gasteiger partial charge in [-0.1, -0.05) is 26.0 Å². The van der Waals surface area contributed by atoms with Crippen molar-refractivity contribution in [1.82, 2.24) is 20.9 Å². The normalized spacial score (nSPS) is 26.4. The molecule has 1 aromatic carbocycles. The molecular formula is C22H30N4O3. The molecule has 2 atom stereocenters. The molecule has 29 heavy (non-hydrogen) atoms. The lowest BCUT2D eigenvalue weighted by atomic mass is 9.74. The molecule has 3 heterocycles. The molecule has 3 amide bonds. The molecular weight excluding hydrogens is 368 g/mol. The molecule has 0 saturated carbocycles. The largest absolute Gasteiger partial charge is 0.322 e. The maximum Gasteiger partial charge on any atom is 0.255 e. The van der Waals surface area contributed by atoms with Gasteiger partial charge in [-0.3, -0.25) is 19.7 Å². The van der Waals surface area contributed by atoms with E-state index in [-0.39, 0.29) is 24.1 Å². The molecule has 3 aliphatic heterocycles. The van der Waals surface area contributed by atoms with Gasteiger partial charge in [0.1, 0.15) is 6.04 Å². The van der Waals surface area contributed by atoms with Crippen molar-refractivity contribution in [3.63, 3.8) is 0 Å². The second-order valence-corrected chi connectivity index (χ2v) is 9.16. The van der Waals surface area contributed by atoms with E-state index in [1.807, 2.05) is 12.1 Å². The molecule has 0 radical (unpaired) electrons. The van der Waals surface area contributed by atoms with Crippen LogP contribution in [0.2, 0.25) is 0 Å². The number of imide groups is 1. The summed E-state index contributed by atoms with van der Waals surface area (Å²) in [6.45, 7) is 8.94. The van der Waals surface area contributed by atoms with Crippen LogP contribution in [0.1, 0.15) is 54.6 Å². The van der Waals surface area contributed by atoms with Crippen LogP contribution in [0.3, 0.4) is 0 Å². The van der Waals surface area contributed by atoms with Gasteiger partial charge in [0.2, 0.25) is 11.8 Å². The third kappa shape index (κ3) is 4.07. The number of nitrogens with one attached hydrogen (secondary N) is 3. The number of piperidine rings is 2. The van der Waals surface area contributed by atoms with Crippen LogP contribution in [0.25, 0.3) is 0 Å². The second-order valence-electron chi connectivity index (χ2n) is 9.16. The second kappa shape index (κ2) is 7.88. The van der Waals surface area contributed by atoms with E-state index in [1.54, 1.807) is 4.90 Å². The van der Waals surface area contributed by atoms with Crippen LogP contribution in [-0.2, 0) is 22.7 Å². The quantitative estimate of drug-likeness (QED) is 0.648. The minimum Gasteiger partial charge on any atom is -0.322 e. The highest BCUT2D eigenvalue weighted by atomic mass is 16.2. The Hall–Kier alpha value is -2.25. The van der Waals surface area contributed by atoms with Crippen molar-refractivity contribution < 1.29 is 14.4 Å². The van der Waals surface area contributed by atoms with Gasteiger partial charge in [0.25, 0.3) is 5.91 Å². The molecule has 2 saturated heterocycles. The van der Waals surface area contributed by atoms with E-state index in [4.69, 9.17) is 0 Å². The van der Waals surface area contributed by atoms with Gasteiger partial charge in [0.15, 0.2) is 0 Å². The van der Waals surface area contributed by atoms with Crippen molar-refractivity contribution >= 4 is 17.7 Å². The number of fused-ring (bicyclic) bond motifs is 1. The SMILES string of the molecule is CC1(C)CCNCC1CNCc1ccc2c(c1)CN(C1CCC(=O)NC1=O)C2=O. The molecule has 4 rings (SSSR count). The Morgan fingerprint density at radius 3 is 2.83 bits per heavy atom. The van der Waals surface area contributed by atoms with E-state index in [0.29, 0.717) is 29.9 Å². The molecule has 7 heteroatoms. The predicted octanol–water partition coefficient (Wildman–Crippen LogP) is 1.17. The van der Waals surface area contributed by atoms with Crippen molar-refractivity contribution in [3.8, 4) is 0 Å². The first kappa shape index (κ1) is 20.0. The summed E-state index contributed by atoms with van der Waals surface area (Å²) in [5.74, 6) is -0.160. The summed E-state index contributed by atoms with van der Waals surface area (Å²) in [6.07, 6.45) is 1.86. The number of rotatable bonds is 5. The van der Waals surface area contributed by atoms with Crippen molar-refractivity contribution in [1.29, 1.82) is 0 Å². The van der Waals surface area contributed by atoms with Crippen molar-refractivity contribution in [2.45, 2.75) is 52.2 Å². The zero-order valence-corrected chi connectivity index (χ0v) is 17.2. The Balaban J connectivity index is 1.37. The van der Waals surface area contributed by atoms with Gasteiger partial charge in [-0.2, -0.15) is 0 Å². The van der Waals surface area contributed by atoms with Crippen molar-refractivity contribution in [3.05, 3.63) is 34.9 Å². The van der Waals surface area contributed by atoms with Gasteiger partial charge < -0.3 is 15.5 Å². The first-order valence-electron chi connectivity index (χ1n) is 10.5. The van der Waals surface area contributed by atoms with E-state index >= 15 is 0 Å². The lowest BCUT2D eigenvalue weighted by Crippen LogP contribution is -2.52. The molecule has 7 nitrogen and oxygen atoms in total. The smallest absolute Gasteiger partial charge is 0.255 e. The molecule has 156 valence electrons. The van der Waals surface area contributed by atoms with Gasteiger partial charge in [-0.05, 0) is 61.0 Å². The fourth-order valence-electron chi connectivity index (χ4n) is 4.64. The lowest BCUT2D eigenvalue weighted by Gasteiger charge is -2.39. The summed E-state index contributed by atoms with van der Waals surface area (Å²) in [5, 5.41) is 9.40. The fraction of sp³-hybridized carbons (Fsp3) is 0.591. The summed E-state index contributed by atoms with van der Waals surface area (Å²) in [7, 11) is 0. The molecule has 2 unspecified atom stereocenters. The Bertz CT molecular complexity index is 835. The summed E-state index contributed by atoms with van der Waals surface area (Å²) in [6, 6.07) is 5.36. The molecule has 2 fully saturated rings. The highest BCUT2D eigenvalue weighted by Gasteiger charge is 2.39. The maximum atomic E-state index is 12.8. The van der Waals surface area contributed by atoms with Crippen LogP contribution in [0.4, 0.5) is 0 Å². The topological polar surface area (TPSA) is 90.5 Å². The standard InChI is InChI=1S/C22H30N4O3/c1-22(2)7-8-23-11-16(22)12-24-10-14-3-4-17-15(9-14)13-26(21(17)29)18-5-6-19(27)25-20(18)28/h3-4,9,16,18,23-24H,5-8,10-13H2,1-2H3,(H,25,27,28). The zero-order chi connectivity index (χ0) is 20.6. The highest BCUT2D eigenvalue weighted by molar-refractivity contribution is 6.05. The number of hydrogen-bond acceptors (Lipinski definition) is 5. The monoisotopic (exact) mass is 398 g/mol. The summed E-state index contributed by atoms with van der Waals surface area (Å²) in [5.41, 5.74) is 3.10. The molecule has 0 aliphatic carbocycles. The summed E-state index contributed by atoms with van der Waals surface area (Å²) in [4.78, 5) is 37.9. The summed E-state index contributed by atoms with van der Waals surface area (Å²) >= 11 is 0. The Morgan fingerprint density at radius 1 is 1.24 bits per heavy atom. The average Bonchev–Trinajstić information content (AvgIpc) is 2.99. The molecule has 0 aromatic heterocycles. The minimum atomic E-state index is -0.560. The van der Waals surface area contributed by atoms with Gasteiger partial charge in [0, 0.05) is 25.1 Å². The number of hydrogen-bond donors (Lipinski definition) is 3. The minimum absolute atomic E-state index is 0.121. The zero-order valence-electron chi connectivity index (χ0n) is 17.2. The van der Waals surface area contributed by atoms with Crippen LogP contribution >= 0.6 is 0 Å². The lowest BCUT2D eigenvalue weighted by molar-refractivity contribution is -0.136. The summed E-state index contributed by atoms with van der Waals surface area (Å²) < 4.78 is 0. The molecule has 0 bridgehead atoms. The van der Waals surface area contributed by atoms with Gasteiger partial charge in [-0.25, -0.2) is 0 Å². The Labute approximate surface area is 171 Å². The van der Waals surface area contributed by atoms with Crippen LogP contribution in [-0.4, -0.2) is 48.3 Å². The van der Waals surface area contributed by atoms with E-state index in [0.717, 1.165) is 37.3 Å². The average molecular weight is 399 g/mol. The molecule has 1 aromatic rings. The first-order valence-corrected chi connectivity index (χ1v) is 10.5. The highest BCUT2D eigenvalue weighted by Crippen LogP contribution is 2.32. The predicted molar refractivity (Wildman–Crippen MR) is 109 cm³/mol. The van der Waals surface area contributed by atoms with Crippen LogP contribution in [0.15, 0.2) is 18.2 Å². The Morgan fingerprint density at radius 2 is 2.07 bits per heavy atom. The van der Waals surface area contributed by atoms with Crippen molar-refractivity contribution in [2.24, 2.45) is 11.3 Å². The Kier molecular flexibility index (Phi) is 5.44. The van der Waals surface area contributed by atoms with Gasteiger partial charge >= 0.3 is 0 Å². The molecule has 3 N–H and O–H groups in total. The molecule has 0 spiro atoms. The van der Waals surface area contributed by atoms with Crippen LogP contribution in [0.5, 0.6) is 0 Å². The van der Waals surface area contributed by atoms with E-state index in [2.05, 4.69) is 35.9 Å². The van der Waals surface area contributed by atoms with Crippen LogP contribution < -0.4 is 16.0 Å². The number of nitrogens with zero attached hydrogens (tertiary/aromatic N) is 1. The number of amides is 3. The maximum absolute atomic E-state index is 12.8. The van der Waals surface area contributed by atoms with Gasteiger partial charge in [0.05, 0.1) is 0 Å². The number of benzene rings is 1. The third-order valence-electron chi connectivity index (χ3n) is 6.75. The fourth-order valence-corrected chi connectivity index (χ4v) is 4.64. The van der Waals surface area contributed by atoms with Crippen molar-refractivity contribution in [2.75, 3.05) is 19.6 Å². The number of carbonyl (C=O) groups excluding carboxylic acids is 3. The van der Waals surface area contributed by atoms with E-state index in [1.165, 1.54) is 6.42 Å². The van der Waals surface area contributed by atoms with Crippen LogP contribution in [0, 0.1) is 11.3 Å². The third-order valence-corrected chi connectivity index (χ3v) is 6.75. The van der Waals surface area contributed by atoms with E-state index < -0.39 is 6.04 Å². The first-order chi connectivity index (χ1) is 13.8. The number of carbonyl (C=O) groups is 3. The van der Waals surface area contributed by atoms with Gasteiger partial charge in [-0.15, -0.1) is 0 Å².